The van der Waals surface area contributed by atoms with Crippen LogP contribution in [0.1, 0.15) is 46.6 Å². The second kappa shape index (κ2) is 6.06. The molecule has 114 valence electrons. The maximum absolute atomic E-state index is 12.5. The molecule has 20 heavy (non-hydrogen) atoms. The second-order valence-electron chi connectivity index (χ2n) is 6.83. The molecule has 0 aliphatic heterocycles. The van der Waals surface area contributed by atoms with E-state index in [2.05, 4.69) is 39.9 Å². The third-order valence-electron chi connectivity index (χ3n) is 3.20. The lowest BCUT2D eigenvalue weighted by Gasteiger charge is -2.30. The molecule has 0 fully saturated rings. The molecular weight excluding hydrogens is 263 g/mol. The molecule has 0 aliphatic rings. The molecule has 0 saturated carbocycles. The highest BCUT2D eigenvalue weighted by molar-refractivity contribution is 5.46. The van der Waals surface area contributed by atoms with Crippen molar-refractivity contribution in [2.45, 2.75) is 53.3 Å². The number of alkyl halides is 3. The van der Waals surface area contributed by atoms with Crippen LogP contribution in [0, 0.1) is 11.3 Å². The molecular formula is C16H24F3N. The molecule has 1 nitrogen and oxygen atoms in total. The maximum Gasteiger partial charge on any atom is 0.416 e. The van der Waals surface area contributed by atoms with E-state index in [9.17, 15) is 13.2 Å². The van der Waals surface area contributed by atoms with Gasteiger partial charge >= 0.3 is 6.18 Å². The zero-order valence-corrected chi connectivity index (χ0v) is 12.8. The molecule has 1 atom stereocenters. The number of hydrogen-bond acceptors (Lipinski definition) is 1. The van der Waals surface area contributed by atoms with Crippen LogP contribution in [0.3, 0.4) is 0 Å². The molecule has 1 aromatic carbocycles. The Balaban J connectivity index is 2.80. The molecule has 0 radical (unpaired) electrons. The van der Waals surface area contributed by atoms with Crippen molar-refractivity contribution in [2.75, 3.05) is 5.32 Å². The predicted molar refractivity (Wildman–Crippen MR) is 77.8 cm³/mol. The second-order valence-corrected chi connectivity index (χ2v) is 6.83. The maximum atomic E-state index is 12.5. The summed E-state index contributed by atoms with van der Waals surface area (Å²) in [6.07, 6.45) is -3.31. The van der Waals surface area contributed by atoms with Crippen LogP contribution in [-0.2, 0) is 6.18 Å². The van der Waals surface area contributed by atoms with E-state index in [1.807, 2.05) is 0 Å². The van der Waals surface area contributed by atoms with Crippen LogP contribution in [0.5, 0.6) is 0 Å². The molecule has 1 unspecified atom stereocenters. The fourth-order valence-electron chi connectivity index (χ4n) is 2.08. The normalized spacial score (nSPS) is 14.4. The summed E-state index contributed by atoms with van der Waals surface area (Å²) in [5, 5.41) is 3.35. The van der Waals surface area contributed by atoms with Gasteiger partial charge in [-0.3, -0.25) is 0 Å². The van der Waals surface area contributed by atoms with Gasteiger partial charge < -0.3 is 5.32 Å². The van der Waals surface area contributed by atoms with Crippen LogP contribution < -0.4 is 5.32 Å². The third kappa shape index (κ3) is 5.43. The van der Waals surface area contributed by atoms with E-state index in [1.165, 1.54) is 12.1 Å². The summed E-state index contributed by atoms with van der Waals surface area (Å²) in [5.41, 5.74) is 0.300. The van der Waals surface area contributed by atoms with Crippen LogP contribution in [0.15, 0.2) is 24.3 Å². The Morgan fingerprint density at radius 1 is 1.00 bits per heavy atom. The van der Waals surface area contributed by atoms with Gasteiger partial charge in [-0.25, -0.2) is 0 Å². The Morgan fingerprint density at radius 3 is 1.85 bits per heavy atom. The Hall–Kier alpha value is -1.19. The van der Waals surface area contributed by atoms with Gasteiger partial charge in [0.1, 0.15) is 0 Å². The van der Waals surface area contributed by atoms with Crippen molar-refractivity contribution in [2.24, 2.45) is 11.3 Å². The minimum absolute atomic E-state index is 0.174. The molecule has 1 N–H and O–H groups in total. The first kappa shape index (κ1) is 16.9. The summed E-state index contributed by atoms with van der Waals surface area (Å²) >= 11 is 0. The Kier molecular flexibility index (Phi) is 5.11. The molecule has 0 aromatic heterocycles. The monoisotopic (exact) mass is 287 g/mol. The lowest BCUT2D eigenvalue weighted by molar-refractivity contribution is -0.137. The van der Waals surface area contributed by atoms with Crippen molar-refractivity contribution in [1.29, 1.82) is 0 Å². The molecule has 0 amide bonds. The Labute approximate surface area is 119 Å². The molecule has 0 saturated heterocycles. The van der Waals surface area contributed by atoms with Gasteiger partial charge in [-0.2, -0.15) is 13.2 Å². The molecule has 0 bridgehead atoms. The van der Waals surface area contributed by atoms with Gasteiger partial charge in [-0.15, -0.1) is 0 Å². The SMILES string of the molecule is CC(C)C(CC(C)(C)C)Nc1ccc(C(F)(F)F)cc1. The highest BCUT2D eigenvalue weighted by Crippen LogP contribution is 2.31. The molecule has 1 rings (SSSR count). The van der Waals surface area contributed by atoms with Crippen LogP contribution in [0.4, 0.5) is 18.9 Å². The summed E-state index contributed by atoms with van der Waals surface area (Å²) in [4.78, 5) is 0. The number of anilines is 1. The van der Waals surface area contributed by atoms with Crippen molar-refractivity contribution < 1.29 is 13.2 Å². The van der Waals surface area contributed by atoms with E-state index >= 15 is 0 Å². The average Bonchev–Trinajstić information content (AvgIpc) is 2.25. The first-order valence-electron chi connectivity index (χ1n) is 6.93. The topological polar surface area (TPSA) is 12.0 Å². The van der Waals surface area contributed by atoms with E-state index in [0.717, 1.165) is 24.2 Å². The summed E-state index contributed by atoms with van der Waals surface area (Å²) in [6, 6.07) is 5.49. The molecule has 4 heteroatoms. The molecule has 0 heterocycles. The van der Waals surface area contributed by atoms with Crippen molar-refractivity contribution in [3.8, 4) is 0 Å². The molecule has 0 spiro atoms. The number of halogens is 3. The first-order chi connectivity index (χ1) is 8.99. The van der Waals surface area contributed by atoms with Gasteiger partial charge in [-0.1, -0.05) is 34.6 Å². The van der Waals surface area contributed by atoms with Crippen molar-refractivity contribution >= 4 is 5.69 Å². The van der Waals surface area contributed by atoms with E-state index in [1.54, 1.807) is 0 Å². The Bertz CT molecular complexity index is 413. The third-order valence-corrected chi connectivity index (χ3v) is 3.20. The lowest BCUT2D eigenvalue weighted by Crippen LogP contribution is -2.30. The standard InChI is InChI=1S/C16H24F3N/c1-11(2)14(10-15(3,4)5)20-13-8-6-12(7-9-13)16(17,18)19/h6-9,11,14,20H,10H2,1-5H3. The van der Waals surface area contributed by atoms with E-state index in [4.69, 9.17) is 0 Å². The van der Waals surface area contributed by atoms with Crippen molar-refractivity contribution in [3.05, 3.63) is 29.8 Å². The summed E-state index contributed by atoms with van der Waals surface area (Å²) < 4.78 is 37.5. The van der Waals surface area contributed by atoms with E-state index < -0.39 is 11.7 Å². The average molecular weight is 287 g/mol. The minimum Gasteiger partial charge on any atom is -0.382 e. The quantitative estimate of drug-likeness (QED) is 0.762. The smallest absolute Gasteiger partial charge is 0.382 e. The van der Waals surface area contributed by atoms with Gasteiger partial charge in [0.25, 0.3) is 0 Å². The van der Waals surface area contributed by atoms with Gasteiger partial charge in [0.2, 0.25) is 0 Å². The number of benzene rings is 1. The highest BCUT2D eigenvalue weighted by Gasteiger charge is 2.30. The zero-order chi connectivity index (χ0) is 15.6. The van der Waals surface area contributed by atoms with Gasteiger partial charge in [-0.05, 0) is 42.0 Å². The van der Waals surface area contributed by atoms with E-state index in [-0.39, 0.29) is 11.5 Å². The van der Waals surface area contributed by atoms with Crippen LogP contribution in [-0.4, -0.2) is 6.04 Å². The van der Waals surface area contributed by atoms with Gasteiger partial charge in [0.15, 0.2) is 0 Å². The van der Waals surface area contributed by atoms with Crippen molar-refractivity contribution in [1.82, 2.24) is 0 Å². The highest BCUT2D eigenvalue weighted by atomic mass is 19.4. The summed E-state index contributed by atoms with van der Waals surface area (Å²) in [5.74, 6) is 0.413. The zero-order valence-electron chi connectivity index (χ0n) is 12.8. The largest absolute Gasteiger partial charge is 0.416 e. The minimum atomic E-state index is -4.28. The fraction of sp³-hybridized carbons (Fsp3) is 0.625. The van der Waals surface area contributed by atoms with Crippen LogP contribution in [0.2, 0.25) is 0 Å². The lowest BCUT2D eigenvalue weighted by atomic mass is 9.84. The number of nitrogens with one attached hydrogen (secondary N) is 1. The number of rotatable bonds is 4. The number of hydrogen-bond donors (Lipinski definition) is 1. The summed E-state index contributed by atoms with van der Waals surface area (Å²) in [6.45, 7) is 10.7. The van der Waals surface area contributed by atoms with Gasteiger partial charge in [0, 0.05) is 11.7 Å². The van der Waals surface area contributed by atoms with Gasteiger partial charge in [0.05, 0.1) is 5.56 Å². The van der Waals surface area contributed by atoms with Crippen molar-refractivity contribution in [3.63, 3.8) is 0 Å². The van der Waals surface area contributed by atoms with Crippen LogP contribution in [0.25, 0.3) is 0 Å². The Morgan fingerprint density at radius 2 is 1.50 bits per heavy atom. The molecule has 0 aliphatic carbocycles. The fourth-order valence-corrected chi connectivity index (χ4v) is 2.08. The first-order valence-corrected chi connectivity index (χ1v) is 6.93. The summed E-state index contributed by atoms with van der Waals surface area (Å²) in [7, 11) is 0. The predicted octanol–water partition coefficient (Wildman–Crippen LogP) is 5.58. The van der Waals surface area contributed by atoms with E-state index in [0.29, 0.717) is 5.92 Å². The molecule has 1 aromatic rings. The van der Waals surface area contributed by atoms with Crippen LogP contribution >= 0.6 is 0 Å².